The summed E-state index contributed by atoms with van der Waals surface area (Å²) in [7, 11) is 2.17. The highest BCUT2D eigenvalue weighted by Gasteiger charge is 2.37. The van der Waals surface area contributed by atoms with Crippen molar-refractivity contribution in [3.05, 3.63) is 0 Å². The Bertz CT molecular complexity index is 196. The van der Waals surface area contributed by atoms with Crippen molar-refractivity contribution in [1.82, 2.24) is 4.90 Å². The van der Waals surface area contributed by atoms with Crippen LogP contribution in [0.15, 0.2) is 0 Å². The summed E-state index contributed by atoms with van der Waals surface area (Å²) in [6.45, 7) is 10.5. The van der Waals surface area contributed by atoms with E-state index in [2.05, 4.69) is 39.6 Å². The summed E-state index contributed by atoms with van der Waals surface area (Å²) in [6, 6.07) is 0.411. The smallest absolute Gasteiger partial charge is 0.0771 e. The van der Waals surface area contributed by atoms with Gasteiger partial charge in [0.05, 0.1) is 24.4 Å². The Hall–Kier alpha value is -0.120. The van der Waals surface area contributed by atoms with E-state index in [0.717, 1.165) is 26.0 Å². The van der Waals surface area contributed by atoms with Crippen LogP contribution >= 0.6 is 0 Å². The van der Waals surface area contributed by atoms with Gasteiger partial charge in [0.1, 0.15) is 0 Å². The zero-order chi connectivity index (χ0) is 12.1. The highest BCUT2D eigenvalue weighted by Crippen LogP contribution is 2.24. The van der Waals surface area contributed by atoms with E-state index in [1.807, 2.05) is 0 Å². The van der Waals surface area contributed by atoms with Gasteiger partial charge in [-0.25, -0.2) is 0 Å². The third-order valence-electron chi connectivity index (χ3n) is 3.17. The monoisotopic (exact) mass is 229 g/mol. The second-order valence-electron chi connectivity index (χ2n) is 5.06. The van der Waals surface area contributed by atoms with E-state index in [-0.39, 0.29) is 6.10 Å². The van der Waals surface area contributed by atoms with E-state index < -0.39 is 0 Å². The fourth-order valence-corrected chi connectivity index (χ4v) is 2.50. The summed E-state index contributed by atoms with van der Waals surface area (Å²) >= 11 is 0. The maximum absolute atomic E-state index is 5.97. The standard InChI is InChI=1S/C13H27NO2/c1-6-9-15-11(4)13-12(16-10(2)3)7-8-14(13)5/h10-13H,6-9H2,1-5H3/t11-,12-,13+/m0/s1. The maximum atomic E-state index is 5.97. The normalized spacial score (nSPS) is 28.9. The van der Waals surface area contributed by atoms with Crippen LogP contribution in [-0.2, 0) is 9.47 Å². The lowest BCUT2D eigenvalue weighted by atomic mass is 10.1. The molecule has 1 fully saturated rings. The zero-order valence-corrected chi connectivity index (χ0v) is 11.4. The highest BCUT2D eigenvalue weighted by molar-refractivity contribution is 4.90. The van der Waals surface area contributed by atoms with Gasteiger partial charge in [-0.05, 0) is 40.7 Å². The van der Waals surface area contributed by atoms with E-state index >= 15 is 0 Å². The summed E-state index contributed by atoms with van der Waals surface area (Å²) in [5.41, 5.74) is 0. The number of likely N-dealkylation sites (N-methyl/N-ethyl adjacent to an activating group) is 1. The van der Waals surface area contributed by atoms with Crippen molar-refractivity contribution in [2.75, 3.05) is 20.2 Å². The molecule has 1 aliphatic heterocycles. The van der Waals surface area contributed by atoms with Crippen LogP contribution in [0, 0.1) is 0 Å². The summed E-state index contributed by atoms with van der Waals surface area (Å²) < 4.78 is 11.8. The Labute approximate surface area is 100 Å². The molecular weight excluding hydrogens is 202 g/mol. The van der Waals surface area contributed by atoms with E-state index in [1.165, 1.54) is 0 Å². The minimum absolute atomic E-state index is 0.260. The predicted molar refractivity (Wildman–Crippen MR) is 66.7 cm³/mol. The summed E-state index contributed by atoms with van der Waals surface area (Å²) in [4.78, 5) is 2.37. The number of hydrogen-bond acceptors (Lipinski definition) is 3. The largest absolute Gasteiger partial charge is 0.377 e. The van der Waals surface area contributed by atoms with Crippen molar-refractivity contribution in [1.29, 1.82) is 0 Å². The first-order valence-corrected chi connectivity index (χ1v) is 6.53. The van der Waals surface area contributed by atoms with E-state index in [0.29, 0.717) is 18.2 Å². The quantitative estimate of drug-likeness (QED) is 0.697. The van der Waals surface area contributed by atoms with Gasteiger partial charge in [0.2, 0.25) is 0 Å². The van der Waals surface area contributed by atoms with Crippen LogP contribution in [0.4, 0.5) is 0 Å². The first kappa shape index (κ1) is 13.9. The average Bonchev–Trinajstić information content (AvgIpc) is 2.55. The van der Waals surface area contributed by atoms with Crippen molar-refractivity contribution in [3.63, 3.8) is 0 Å². The molecule has 0 N–H and O–H groups in total. The lowest BCUT2D eigenvalue weighted by Crippen LogP contribution is -2.44. The molecule has 96 valence electrons. The number of rotatable bonds is 6. The summed E-state index contributed by atoms with van der Waals surface area (Å²) in [5, 5.41) is 0. The van der Waals surface area contributed by atoms with Gasteiger partial charge in [0, 0.05) is 13.2 Å². The van der Waals surface area contributed by atoms with Crippen molar-refractivity contribution in [3.8, 4) is 0 Å². The first-order chi connectivity index (χ1) is 7.56. The molecular formula is C13H27NO2. The Morgan fingerprint density at radius 3 is 2.56 bits per heavy atom. The zero-order valence-electron chi connectivity index (χ0n) is 11.4. The predicted octanol–water partition coefficient (Wildman–Crippen LogP) is 2.30. The maximum Gasteiger partial charge on any atom is 0.0771 e. The molecule has 0 bridgehead atoms. The lowest BCUT2D eigenvalue weighted by Gasteiger charge is -2.31. The minimum Gasteiger partial charge on any atom is -0.377 e. The number of likely N-dealkylation sites (tertiary alicyclic amines) is 1. The molecule has 1 aliphatic rings. The topological polar surface area (TPSA) is 21.7 Å². The molecule has 16 heavy (non-hydrogen) atoms. The van der Waals surface area contributed by atoms with Crippen LogP contribution in [0.2, 0.25) is 0 Å². The van der Waals surface area contributed by atoms with Crippen LogP contribution in [0.3, 0.4) is 0 Å². The average molecular weight is 229 g/mol. The van der Waals surface area contributed by atoms with Gasteiger partial charge >= 0.3 is 0 Å². The molecule has 1 rings (SSSR count). The lowest BCUT2D eigenvalue weighted by molar-refractivity contribution is -0.0622. The Morgan fingerprint density at radius 2 is 2.00 bits per heavy atom. The van der Waals surface area contributed by atoms with Gasteiger partial charge in [-0.1, -0.05) is 6.92 Å². The molecule has 0 aromatic heterocycles. The van der Waals surface area contributed by atoms with Gasteiger partial charge in [0.15, 0.2) is 0 Å². The molecule has 0 aromatic rings. The van der Waals surface area contributed by atoms with Gasteiger partial charge < -0.3 is 9.47 Å². The van der Waals surface area contributed by atoms with Crippen molar-refractivity contribution in [2.45, 2.75) is 64.9 Å². The van der Waals surface area contributed by atoms with E-state index in [9.17, 15) is 0 Å². The number of hydrogen-bond donors (Lipinski definition) is 0. The molecule has 1 saturated heterocycles. The molecule has 3 nitrogen and oxygen atoms in total. The molecule has 0 amide bonds. The number of ether oxygens (including phenoxy) is 2. The third-order valence-corrected chi connectivity index (χ3v) is 3.17. The molecule has 1 heterocycles. The van der Waals surface area contributed by atoms with Crippen LogP contribution in [0.25, 0.3) is 0 Å². The van der Waals surface area contributed by atoms with Gasteiger partial charge in [0.25, 0.3) is 0 Å². The summed E-state index contributed by atoms with van der Waals surface area (Å²) in [5.74, 6) is 0. The molecule has 0 spiro atoms. The Balaban J connectivity index is 2.51. The Kier molecular flexibility index (Phi) is 5.73. The van der Waals surface area contributed by atoms with E-state index in [4.69, 9.17) is 9.47 Å². The molecule has 0 radical (unpaired) electrons. The second kappa shape index (κ2) is 6.58. The highest BCUT2D eigenvalue weighted by atomic mass is 16.5. The minimum atomic E-state index is 0.260. The van der Waals surface area contributed by atoms with Gasteiger partial charge in [-0.15, -0.1) is 0 Å². The fraction of sp³-hybridized carbons (Fsp3) is 1.00. The molecule has 0 saturated carbocycles. The molecule has 0 aromatic carbocycles. The first-order valence-electron chi connectivity index (χ1n) is 6.53. The van der Waals surface area contributed by atoms with Crippen LogP contribution in [0.5, 0.6) is 0 Å². The van der Waals surface area contributed by atoms with Gasteiger partial charge in [-0.2, -0.15) is 0 Å². The molecule has 0 unspecified atom stereocenters. The summed E-state index contributed by atoms with van der Waals surface area (Å²) in [6.07, 6.45) is 3.10. The van der Waals surface area contributed by atoms with Crippen molar-refractivity contribution < 1.29 is 9.47 Å². The fourth-order valence-electron chi connectivity index (χ4n) is 2.50. The molecule has 3 heteroatoms. The molecule has 0 aliphatic carbocycles. The van der Waals surface area contributed by atoms with Crippen LogP contribution in [0.1, 0.15) is 40.5 Å². The van der Waals surface area contributed by atoms with Crippen LogP contribution in [-0.4, -0.2) is 49.5 Å². The molecule has 3 atom stereocenters. The van der Waals surface area contributed by atoms with Crippen molar-refractivity contribution >= 4 is 0 Å². The Morgan fingerprint density at radius 1 is 1.31 bits per heavy atom. The third kappa shape index (κ3) is 3.72. The van der Waals surface area contributed by atoms with E-state index in [1.54, 1.807) is 0 Å². The SMILES string of the molecule is CCCO[C@@H](C)[C@@H]1[C@@H](OC(C)C)CCN1C. The second-order valence-corrected chi connectivity index (χ2v) is 5.06. The van der Waals surface area contributed by atoms with Crippen LogP contribution < -0.4 is 0 Å². The number of nitrogens with zero attached hydrogens (tertiary/aromatic N) is 1. The van der Waals surface area contributed by atoms with Crippen molar-refractivity contribution in [2.24, 2.45) is 0 Å². The van der Waals surface area contributed by atoms with Gasteiger partial charge in [-0.3, -0.25) is 4.90 Å².